The number of aromatic nitrogens is 1. The molecule has 0 spiro atoms. The summed E-state index contributed by atoms with van der Waals surface area (Å²) in [6.07, 6.45) is -0.100. The molecule has 1 aromatic heterocycles. The summed E-state index contributed by atoms with van der Waals surface area (Å²) in [5.74, 6) is -0.367. The standard InChI is InChI=1S/C19H18N4O7S/c1-29-16-7-6-12(23(25)26)10-17(16)31(27,28)22-9-8-20-19(24)14(22)11-18-21-13-4-2-3-5-15(13)30-18/h2-7,10,14H,8-9,11H2,1H3,(H,20,24)/t14-/m0/s1. The van der Waals surface area contributed by atoms with Crippen LogP contribution in [0.2, 0.25) is 0 Å². The molecule has 3 aromatic rings. The quantitative estimate of drug-likeness (QED) is 0.443. The number of ether oxygens (including phenoxy) is 1. The molecule has 1 aliphatic rings. The molecule has 162 valence electrons. The van der Waals surface area contributed by atoms with Crippen molar-refractivity contribution in [2.24, 2.45) is 0 Å². The fourth-order valence-corrected chi connectivity index (χ4v) is 5.22. The van der Waals surface area contributed by atoms with Crippen LogP contribution < -0.4 is 10.1 Å². The molecule has 0 saturated carbocycles. The SMILES string of the molecule is COc1ccc([N+](=O)[O-])cc1S(=O)(=O)N1CCNC(=O)[C@@H]1Cc1nc2ccccc2o1. The Balaban J connectivity index is 1.74. The van der Waals surface area contributed by atoms with Gasteiger partial charge in [0.15, 0.2) is 11.5 Å². The van der Waals surface area contributed by atoms with Gasteiger partial charge in [0.25, 0.3) is 5.69 Å². The number of non-ortho nitro benzene ring substituents is 1. The lowest BCUT2D eigenvalue weighted by molar-refractivity contribution is -0.385. The van der Waals surface area contributed by atoms with Crippen LogP contribution in [0.15, 0.2) is 51.8 Å². The van der Waals surface area contributed by atoms with Crippen molar-refractivity contribution in [3.63, 3.8) is 0 Å². The zero-order valence-electron chi connectivity index (χ0n) is 16.3. The lowest BCUT2D eigenvalue weighted by Crippen LogP contribution is -2.57. The molecule has 0 bridgehead atoms. The van der Waals surface area contributed by atoms with Gasteiger partial charge in [-0.2, -0.15) is 4.31 Å². The van der Waals surface area contributed by atoms with Crippen LogP contribution in [0.25, 0.3) is 11.1 Å². The lowest BCUT2D eigenvalue weighted by Gasteiger charge is -2.33. The largest absolute Gasteiger partial charge is 0.495 e. The Morgan fingerprint density at radius 2 is 2.10 bits per heavy atom. The highest BCUT2D eigenvalue weighted by Crippen LogP contribution is 2.32. The van der Waals surface area contributed by atoms with Crippen LogP contribution in [-0.4, -0.2) is 54.8 Å². The Labute approximate surface area is 176 Å². The Kier molecular flexibility index (Phi) is 5.33. The van der Waals surface area contributed by atoms with E-state index >= 15 is 0 Å². The van der Waals surface area contributed by atoms with Crippen LogP contribution in [0.1, 0.15) is 5.89 Å². The number of fused-ring (bicyclic) bond motifs is 1. The van der Waals surface area contributed by atoms with Gasteiger partial charge in [0.2, 0.25) is 15.9 Å². The van der Waals surface area contributed by atoms with Gasteiger partial charge < -0.3 is 14.5 Å². The number of nitrogens with zero attached hydrogens (tertiary/aromatic N) is 3. The van der Waals surface area contributed by atoms with Crippen molar-refractivity contribution in [1.29, 1.82) is 0 Å². The van der Waals surface area contributed by atoms with E-state index in [4.69, 9.17) is 9.15 Å². The van der Waals surface area contributed by atoms with Gasteiger partial charge in [0, 0.05) is 31.6 Å². The lowest BCUT2D eigenvalue weighted by atomic mass is 10.1. The highest BCUT2D eigenvalue weighted by atomic mass is 32.2. The smallest absolute Gasteiger partial charge is 0.271 e. The van der Waals surface area contributed by atoms with Crippen LogP contribution in [0.5, 0.6) is 5.75 Å². The minimum atomic E-state index is -4.32. The first-order chi connectivity index (χ1) is 14.8. The summed E-state index contributed by atoms with van der Waals surface area (Å²) in [6.45, 7) is 0.0736. The molecule has 1 atom stereocenters. The normalized spacial score (nSPS) is 17.5. The minimum Gasteiger partial charge on any atom is -0.495 e. The summed E-state index contributed by atoms with van der Waals surface area (Å²) in [5, 5.41) is 13.8. The van der Waals surface area contributed by atoms with E-state index in [0.29, 0.717) is 11.1 Å². The van der Waals surface area contributed by atoms with Gasteiger partial charge in [-0.1, -0.05) is 12.1 Å². The molecule has 1 saturated heterocycles. The maximum absolute atomic E-state index is 13.5. The third kappa shape index (κ3) is 3.82. The van der Waals surface area contributed by atoms with Gasteiger partial charge in [0.05, 0.1) is 12.0 Å². The first-order valence-electron chi connectivity index (χ1n) is 9.27. The van der Waals surface area contributed by atoms with Gasteiger partial charge in [0.1, 0.15) is 22.2 Å². The number of nitro groups is 1. The van der Waals surface area contributed by atoms with E-state index in [0.717, 1.165) is 16.4 Å². The molecule has 1 N–H and O–H groups in total. The number of benzene rings is 2. The van der Waals surface area contributed by atoms with Crippen LogP contribution in [-0.2, 0) is 21.2 Å². The third-order valence-corrected chi connectivity index (χ3v) is 6.86. The number of nitrogens with one attached hydrogen (secondary N) is 1. The number of carbonyl (C=O) groups is 1. The molecule has 11 nitrogen and oxygen atoms in total. The number of hydrogen-bond donors (Lipinski definition) is 1. The van der Waals surface area contributed by atoms with E-state index in [2.05, 4.69) is 10.3 Å². The summed E-state index contributed by atoms with van der Waals surface area (Å²) in [6, 6.07) is 9.17. The van der Waals surface area contributed by atoms with Crippen molar-refractivity contribution >= 4 is 32.7 Å². The summed E-state index contributed by atoms with van der Waals surface area (Å²) in [5.41, 5.74) is 0.697. The number of para-hydroxylation sites is 2. The maximum atomic E-state index is 13.5. The van der Waals surface area contributed by atoms with Crippen molar-refractivity contribution < 1.29 is 27.3 Å². The van der Waals surface area contributed by atoms with E-state index in [9.17, 15) is 23.3 Å². The topological polar surface area (TPSA) is 145 Å². The van der Waals surface area contributed by atoms with Crippen LogP contribution in [0.4, 0.5) is 5.69 Å². The van der Waals surface area contributed by atoms with Crippen molar-refractivity contribution in [3.8, 4) is 5.75 Å². The van der Waals surface area contributed by atoms with E-state index < -0.39 is 32.6 Å². The van der Waals surface area contributed by atoms with Gasteiger partial charge in [-0.3, -0.25) is 14.9 Å². The number of piperazine rings is 1. The molecule has 2 aromatic carbocycles. The molecule has 1 amide bonds. The van der Waals surface area contributed by atoms with E-state index in [1.165, 1.54) is 13.2 Å². The van der Waals surface area contributed by atoms with Crippen LogP contribution >= 0.6 is 0 Å². The number of sulfonamides is 1. The molecular weight excluding hydrogens is 428 g/mol. The summed E-state index contributed by atoms with van der Waals surface area (Å²) < 4.78 is 38.7. The zero-order valence-corrected chi connectivity index (χ0v) is 17.2. The second-order valence-electron chi connectivity index (χ2n) is 6.79. The minimum absolute atomic E-state index is 0.0230. The number of oxazole rings is 1. The van der Waals surface area contributed by atoms with Crippen molar-refractivity contribution in [1.82, 2.24) is 14.6 Å². The number of hydrogen-bond acceptors (Lipinski definition) is 8. The van der Waals surface area contributed by atoms with Gasteiger partial charge in [-0.05, 0) is 18.2 Å². The summed E-state index contributed by atoms with van der Waals surface area (Å²) in [7, 11) is -3.06. The van der Waals surface area contributed by atoms with Crippen LogP contribution in [0.3, 0.4) is 0 Å². The number of methoxy groups -OCH3 is 1. The van der Waals surface area contributed by atoms with Crippen molar-refractivity contribution in [3.05, 3.63) is 58.5 Å². The Morgan fingerprint density at radius 1 is 1.32 bits per heavy atom. The summed E-state index contributed by atoms with van der Waals surface area (Å²) >= 11 is 0. The predicted molar refractivity (Wildman–Crippen MR) is 108 cm³/mol. The first kappa shape index (κ1) is 20.8. The number of amides is 1. The van der Waals surface area contributed by atoms with Crippen molar-refractivity contribution in [2.45, 2.75) is 17.4 Å². The van der Waals surface area contributed by atoms with Crippen molar-refractivity contribution in [2.75, 3.05) is 20.2 Å². The molecule has 12 heteroatoms. The van der Waals surface area contributed by atoms with Gasteiger partial charge >= 0.3 is 0 Å². The zero-order chi connectivity index (χ0) is 22.2. The molecular formula is C19H18N4O7S. The average Bonchev–Trinajstić information content (AvgIpc) is 3.17. The van der Waals surface area contributed by atoms with Gasteiger partial charge in [-0.15, -0.1) is 0 Å². The molecule has 4 rings (SSSR count). The number of carbonyl (C=O) groups excluding carboxylic acids is 1. The molecule has 0 radical (unpaired) electrons. The Bertz CT molecular complexity index is 1240. The second-order valence-corrected chi connectivity index (χ2v) is 8.65. The molecule has 0 aliphatic carbocycles. The number of nitro benzene ring substituents is 1. The fourth-order valence-electron chi connectivity index (χ4n) is 3.46. The second kappa shape index (κ2) is 7.96. The first-order valence-corrected chi connectivity index (χ1v) is 10.7. The molecule has 0 unspecified atom stereocenters. The molecule has 1 fully saturated rings. The average molecular weight is 446 g/mol. The fraction of sp³-hybridized carbons (Fsp3) is 0.263. The third-order valence-electron chi connectivity index (χ3n) is 4.93. The molecule has 31 heavy (non-hydrogen) atoms. The van der Waals surface area contributed by atoms with Gasteiger partial charge in [-0.25, -0.2) is 13.4 Å². The number of rotatable bonds is 6. The predicted octanol–water partition coefficient (Wildman–Crippen LogP) is 1.48. The summed E-state index contributed by atoms with van der Waals surface area (Å²) in [4.78, 5) is 27.0. The highest BCUT2D eigenvalue weighted by Gasteiger charge is 2.41. The van der Waals surface area contributed by atoms with E-state index in [-0.39, 0.29) is 36.0 Å². The monoisotopic (exact) mass is 446 g/mol. The Morgan fingerprint density at radius 3 is 2.81 bits per heavy atom. The highest BCUT2D eigenvalue weighted by molar-refractivity contribution is 7.89. The van der Waals surface area contributed by atoms with E-state index in [1.54, 1.807) is 24.3 Å². The van der Waals surface area contributed by atoms with Crippen LogP contribution in [0, 0.1) is 10.1 Å². The maximum Gasteiger partial charge on any atom is 0.271 e. The molecule has 1 aliphatic heterocycles. The van der Waals surface area contributed by atoms with E-state index in [1.807, 2.05) is 0 Å². The molecule has 2 heterocycles. The Hall–Kier alpha value is -3.51.